The molecule has 0 aromatic carbocycles. The topological polar surface area (TPSA) is 115 Å². The van der Waals surface area contributed by atoms with Crippen LogP contribution in [0.3, 0.4) is 0 Å². The minimum atomic E-state index is -0.880. The molecule has 110 valence electrons. The molecule has 0 aliphatic carbocycles. The fourth-order valence-corrected chi connectivity index (χ4v) is 0.480. The first-order chi connectivity index (χ1) is 8.11. The van der Waals surface area contributed by atoms with E-state index in [1.165, 1.54) is 0 Å². The highest BCUT2D eigenvalue weighted by atomic mass is 79.9. The fraction of sp³-hybridized carbons (Fsp3) is 0.800. The zero-order valence-corrected chi connectivity index (χ0v) is 12.9. The molecule has 0 radical (unpaired) electrons. The molecule has 0 bridgehead atoms. The van der Waals surface area contributed by atoms with Gasteiger partial charge in [0.2, 0.25) is 0 Å². The molecule has 0 spiro atoms. The van der Waals surface area contributed by atoms with E-state index in [0.717, 1.165) is 7.11 Å². The van der Waals surface area contributed by atoms with E-state index in [1.54, 1.807) is 13.8 Å². The summed E-state index contributed by atoms with van der Waals surface area (Å²) in [4.78, 5) is 19.9. The largest absolute Gasteiger partial charge is 0.481 e. The van der Waals surface area contributed by atoms with Gasteiger partial charge >= 0.3 is 11.9 Å². The summed E-state index contributed by atoms with van der Waals surface area (Å²) < 4.78 is -0.771. The molecule has 0 aromatic heterocycles. The van der Waals surface area contributed by atoms with Crippen molar-refractivity contribution in [3.05, 3.63) is 0 Å². The first kappa shape index (κ1) is 22.8. The average Bonchev–Trinajstić information content (AvgIpc) is 2.28. The van der Waals surface area contributed by atoms with Gasteiger partial charge in [0.05, 0.1) is 12.0 Å². The third-order valence-corrected chi connectivity index (χ3v) is 2.07. The smallest absolute Gasteiger partial charge is 0.319 e. The normalized spacial score (nSPS) is 11.3. The second kappa shape index (κ2) is 13.1. The Labute approximate surface area is 120 Å². The first-order valence-electron chi connectivity index (χ1n) is 4.95. The van der Waals surface area contributed by atoms with Crippen LogP contribution in [0.1, 0.15) is 26.7 Å². The molecule has 6 nitrogen and oxygen atoms in total. The van der Waals surface area contributed by atoms with Gasteiger partial charge in [-0.3, -0.25) is 9.59 Å². The van der Waals surface area contributed by atoms with Gasteiger partial charge in [-0.25, -0.2) is 0 Å². The van der Waals surface area contributed by atoms with Crippen molar-refractivity contribution in [1.29, 1.82) is 0 Å². The monoisotopic (exact) mass is 350 g/mol. The molecule has 0 aliphatic rings. The SMILES string of the molecule is CC(C)(Br)C(=O)O.CO.O=C(O)CCC(Cl)CO. The maximum absolute atomic E-state index is 9.97. The molecular formula is C10H20BrClO6. The number of hydrogen-bond donors (Lipinski definition) is 4. The minimum Gasteiger partial charge on any atom is -0.481 e. The Bertz CT molecular complexity index is 229. The van der Waals surface area contributed by atoms with E-state index in [4.69, 9.17) is 32.0 Å². The van der Waals surface area contributed by atoms with Crippen molar-refractivity contribution in [2.24, 2.45) is 0 Å². The van der Waals surface area contributed by atoms with Crippen LogP contribution in [0.5, 0.6) is 0 Å². The van der Waals surface area contributed by atoms with Gasteiger partial charge in [-0.1, -0.05) is 15.9 Å². The van der Waals surface area contributed by atoms with Crippen LogP contribution in [0.15, 0.2) is 0 Å². The van der Waals surface area contributed by atoms with Crippen molar-refractivity contribution in [3.63, 3.8) is 0 Å². The number of aliphatic carboxylic acids is 2. The minimum absolute atomic E-state index is 0.0225. The third kappa shape index (κ3) is 21.0. The van der Waals surface area contributed by atoms with Crippen LogP contribution < -0.4 is 0 Å². The van der Waals surface area contributed by atoms with Crippen molar-refractivity contribution < 1.29 is 30.0 Å². The van der Waals surface area contributed by atoms with Crippen LogP contribution in [0.4, 0.5) is 0 Å². The van der Waals surface area contributed by atoms with Crippen LogP contribution in [-0.4, -0.2) is 55.8 Å². The molecule has 0 aromatic rings. The molecule has 0 saturated heterocycles. The molecule has 0 amide bonds. The maximum Gasteiger partial charge on any atom is 0.319 e. The number of carbonyl (C=O) groups is 2. The molecular weight excluding hydrogens is 331 g/mol. The summed E-state index contributed by atoms with van der Waals surface area (Å²) in [5.41, 5.74) is 0. The summed E-state index contributed by atoms with van der Waals surface area (Å²) in [6.07, 6.45) is 0.349. The highest BCUT2D eigenvalue weighted by Crippen LogP contribution is 2.14. The van der Waals surface area contributed by atoms with Crippen molar-refractivity contribution in [1.82, 2.24) is 0 Å². The number of aliphatic hydroxyl groups is 2. The van der Waals surface area contributed by atoms with Gasteiger partial charge in [0.15, 0.2) is 0 Å². The molecule has 8 heteroatoms. The van der Waals surface area contributed by atoms with Gasteiger partial charge in [-0.2, -0.15) is 0 Å². The molecule has 4 N–H and O–H groups in total. The molecule has 0 fully saturated rings. The number of carboxylic acid groups (broad SMARTS) is 2. The van der Waals surface area contributed by atoms with Crippen molar-refractivity contribution >= 4 is 39.5 Å². The summed E-state index contributed by atoms with van der Waals surface area (Å²) >= 11 is 8.34. The predicted octanol–water partition coefficient (Wildman–Crippen LogP) is 1.30. The number of rotatable bonds is 5. The Balaban J connectivity index is -0.000000225. The lowest BCUT2D eigenvalue weighted by atomic mass is 10.2. The van der Waals surface area contributed by atoms with Gasteiger partial charge in [0.25, 0.3) is 0 Å². The summed E-state index contributed by atoms with van der Waals surface area (Å²) in [5.74, 6) is -1.72. The maximum atomic E-state index is 9.97. The van der Waals surface area contributed by atoms with Crippen molar-refractivity contribution in [3.8, 4) is 0 Å². The van der Waals surface area contributed by atoms with E-state index in [0.29, 0.717) is 6.42 Å². The van der Waals surface area contributed by atoms with Gasteiger partial charge in [0.1, 0.15) is 4.32 Å². The van der Waals surface area contributed by atoms with E-state index in [1.807, 2.05) is 0 Å². The Morgan fingerprint density at radius 3 is 1.78 bits per heavy atom. The Hall–Kier alpha value is -0.370. The van der Waals surface area contributed by atoms with E-state index >= 15 is 0 Å². The van der Waals surface area contributed by atoms with Crippen LogP contribution in [-0.2, 0) is 9.59 Å². The fourth-order valence-electron chi connectivity index (χ4n) is 0.371. The third-order valence-electron chi connectivity index (χ3n) is 1.38. The molecule has 0 heterocycles. The molecule has 18 heavy (non-hydrogen) atoms. The molecule has 0 rings (SSSR count). The van der Waals surface area contributed by atoms with E-state index in [-0.39, 0.29) is 13.0 Å². The zero-order chi connectivity index (χ0) is 15.4. The Morgan fingerprint density at radius 1 is 1.28 bits per heavy atom. The van der Waals surface area contributed by atoms with Gasteiger partial charge in [-0.05, 0) is 20.3 Å². The number of hydrogen-bond acceptors (Lipinski definition) is 4. The quantitative estimate of drug-likeness (QED) is 0.555. The Kier molecular flexibility index (Phi) is 16.5. The average molecular weight is 352 g/mol. The summed E-state index contributed by atoms with van der Waals surface area (Å²) in [5, 5.41) is 31.2. The number of carboxylic acids is 2. The van der Waals surface area contributed by atoms with Crippen LogP contribution in [0, 0.1) is 0 Å². The second-order valence-corrected chi connectivity index (χ2v) is 6.09. The van der Waals surface area contributed by atoms with E-state index in [9.17, 15) is 9.59 Å². The molecule has 1 atom stereocenters. The van der Waals surface area contributed by atoms with E-state index < -0.39 is 21.6 Å². The van der Waals surface area contributed by atoms with Gasteiger partial charge < -0.3 is 20.4 Å². The zero-order valence-electron chi connectivity index (χ0n) is 10.6. The van der Waals surface area contributed by atoms with E-state index in [2.05, 4.69) is 15.9 Å². The highest BCUT2D eigenvalue weighted by Gasteiger charge is 2.21. The first-order valence-corrected chi connectivity index (χ1v) is 6.18. The van der Waals surface area contributed by atoms with Gasteiger partial charge in [0, 0.05) is 13.5 Å². The van der Waals surface area contributed by atoms with Crippen molar-refractivity contribution in [2.75, 3.05) is 13.7 Å². The predicted molar refractivity (Wildman–Crippen MR) is 72.4 cm³/mol. The lowest BCUT2D eigenvalue weighted by molar-refractivity contribution is -0.139. The van der Waals surface area contributed by atoms with Crippen LogP contribution >= 0.6 is 27.5 Å². The number of alkyl halides is 2. The standard InChI is InChI=1S/C5H9ClO3.C4H7BrO2.CH4O/c6-4(3-7)1-2-5(8)9;1-4(2,5)3(6)7;1-2/h4,7H,1-3H2,(H,8,9);1-2H3,(H,6,7);2H,1H3. The summed E-state index contributed by atoms with van der Waals surface area (Å²) in [6, 6.07) is 0. The second-order valence-electron chi connectivity index (χ2n) is 3.49. The lowest BCUT2D eigenvalue weighted by Crippen LogP contribution is -2.22. The Morgan fingerprint density at radius 2 is 1.61 bits per heavy atom. The van der Waals surface area contributed by atoms with Gasteiger partial charge in [-0.15, -0.1) is 11.6 Å². The van der Waals surface area contributed by atoms with Crippen molar-refractivity contribution in [2.45, 2.75) is 36.4 Å². The summed E-state index contributed by atoms with van der Waals surface area (Å²) in [6.45, 7) is 3.00. The lowest BCUT2D eigenvalue weighted by Gasteiger charge is -2.06. The number of aliphatic hydroxyl groups excluding tert-OH is 2. The van der Waals surface area contributed by atoms with Crippen LogP contribution in [0.25, 0.3) is 0 Å². The highest BCUT2D eigenvalue weighted by molar-refractivity contribution is 9.10. The molecule has 0 saturated carbocycles. The molecule has 0 aliphatic heterocycles. The molecule has 1 unspecified atom stereocenters. The summed E-state index contributed by atoms with van der Waals surface area (Å²) in [7, 11) is 1.00. The van der Waals surface area contributed by atoms with Crippen LogP contribution in [0.2, 0.25) is 0 Å². The number of halogens is 2.